The molecule has 9 heteroatoms. The van der Waals surface area contributed by atoms with Crippen molar-refractivity contribution in [2.75, 3.05) is 30.9 Å². The number of nitro benzene ring substituents is 1. The van der Waals surface area contributed by atoms with Crippen LogP contribution in [-0.2, 0) is 4.79 Å². The zero-order valence-corrected chi connectivity index (χ0v) is 17.3. The maximum Gasteiger partial charge on any atom is 0.269 e. The van der Waals surface area contributed by atoms with Gasteiger partial charge in [-0.1, -0.05) is 6.07 Å². The minimum absolute atomic E-state index is 0.0426. The van der Waals surface area contributed by atoms with Crippen LogP contribution in [0.15, 0.2) is 48.5 Å². The van der Waals surface area contributed by atoms with Crippen LogP contribution in [0.5, 0.6) is 5.75 Å². The molecule has 0 aromatic heterocycles. The molecule has 30 heavy (non-hydrogen) atoms. The molecule has 1 spiro atoms. The van der Waals surface area contributed by atoms with Crippen molar-refractivity contribution in [1.29, 1.82) is 0 Å². The van der Waals surface area contributed by atoms with E-state index < -0.39 is 4.92 Å². The number of carbonyl (C=O) groups is 2. The number of anilines is 1. The number of rotatable bonds is 4. The lowest BCUT2D eigenvalue weighted by Gasteiger charge is -2.44. The van der Waals surface area contributed by atoms with Crippen molar-refractivity contribution in [2.24, 2.45) is 0 Å². The van der Waals surface area contributed by atoms with E-state index in [-0.39, 0.29) is 22.4 Å². The predicted molar refractivity (Wildman–Crippen MR) is 114 cm³/mol. The molecule has 8 nitrogen and oxygen atoms in total. The van der Waals surface area contributed by atoms with E-state index in [1.165, 1.54) is 24.3 Å². The summed E-state index contributed by atoms with van der Waals surface area (Å²) in [4.78, 5) is 39.1. The highest BCUT2D eigenvalue weighted by Crippen LogP contribution is 2.47. The number of nitro groups is 1. The summed E-state index contributed by atoms with van der Waals surface area (Å²) in [6.07, 6.45) is 1.30. The molecule has 0 N–H and O–H groups in total. The van der Waals surface area contributed by atoms with Gasteiger partial charge in [-0.3, -0.25) is 24.6 Å². The second-order valence-corrected chi connectivity index (χ2v) is 8.60. The van der Waals surface area contributed by atoms with E-state index in [9.17, 15) is 19.7 Å². The summed E-state index contributed by atoms with van der Waals surface area (Å²) in [6, 6.07) is 13.1. The number of non-ortho nitro benzene ring substituents is 1. The van der Waals surface area contributed by atoms with Crippen molar-refractivity contribution in [3.63, 3.8) is 0 Å². The zero-order valence-electron chi connectivity index (χ0n) is 16.4. The molecule has 156 valence electrons. The van der Waals surface area contributed by atoms with Crippen LogP contribution in [0.25, 0.3) is 0 Å². The third-order valence-corrected chi connectivity index (χ3v) is 7.11. The van der Waals surface area contributed by atoms with Gasteiger partial charge in [0.05, 0.1) is 22.7 Å². The molecular weight excluding hydrogens is 406 g/mol. The van der Waals surface area contributed by atoms with E-state index in [4.69, 9.17) is 4.74 Å². The second kappa shape index (κ2) is 7.98. The fraction of sp³-hybridized carbons (Fsp3) is 0.333. The van der Waals surface area contributed by atoms with Crippen molar-refractivity contribution in [2.45, 2.75) is 17.7 Å². The first kappa shape index (κ1) is 20.2. The lowest BCUT2D eigenvalue weighted by Crippen LogP contribution is -2.53. The van der Waals surface area contributed by atoms with Crippen molar-refractivity contribution in [3.8, 4) is 5.75 Å². The minimum atomic E-state index is -0.486. The van der Waals surface area contributed by atoms with E-state index >= 15 is 0 Å². The van der Waals surface area contributed by atoms with Crippen LogP contribution in [0.1, 0.15) is 23.2 Å². The molecule has 0 unspecified atom stereocenters. The molecular formula is C21H21N3O5S. The van der Waals surface area contributed by atoms with Crippen LogP contribution in [0.2, 0.25) is 0 Å². The van der Waals surface area contributed by atoms with Gasteiger partial charge in [-0.05, 0) is 37.1 Å². The van der Waals surface area contributed by atoms with Crippen LogP contribution < -0.4 is 9.64 Å². The Morgan fingerprint density at radius 1 is 1.17 bits per heavy atom. The van der Waals surface area contributed by atoms with Gasteiger partial charge in [0.2, 0.25) is 5.91 Å². The fourth-order valence-corrected chi connectivity index (χ4v) is 5.35. The van der Waals surface area contributed by atoms with Gasteiger partial charge in [-0.15, -0.1) is 11.8 Å². The summed E-state index contributed by atoms with van der Waals surface area (Å²) in [5.74, 6) is 1.01. The zero-order chi connectivity index (χ0) is 21.3. The Morgan fingerprint density at radius 3 is 2.50 bits per heavy atom. The topological polar surface area (TPSA) is 93.0 Å². The van der Waals surface area contributed by atoms with Crippen LogP contribution in [0.4, 0.5) is 11.4 Å². The van der Waals surface area contributed by atoms with Gasteiger partial charge in [0.25, 0.3) is 11.6 Å². The molecule has 0 saturated carbocycles. The van der Waals surface area contributed by atoms with E-state index in [0.717, 1.165) is 5.69 Å². The standard InChI is InChI=1S/C21H21N3O5S/c1-29-18-4-2-3-17(13-18)23-19(25)14-30-21(23)9-11-22(12-10-21)20(26)15-5-7-16(8-6-15)24(27)28/h2-8,13H,9-12,14H2,1H3. The first-order valence-corrected chi connectivity index (χ1v) is 10.6. The summed E-state index contributed by atoms with van der Waals surface area (Å²) in [6.45, 7) is 1.02. The van der Waals surface area contributed by atoms with Crippen LogP contribution in [0.3, 0.4) is 0 Å². The van der Waals surface area contributed by atoms with Gasteiger partial charge in [-0.25, -0.2) is 0 Å². The number of piperidine rings is 1. The maximum atomic E-state index is 12.8. The number of likely N-dealkylation sites (tertiary alicyclic amines) is 1. The Kier molecular flexibility index (Phi) is 5.38. The Labute approximate surface area is 177 Å². The molecule has 2 aromatic rings. The molecule has 2 heterocycles. The number of hydrogen-bond donors (Lipinski definition) is 0. The molecule has 2 fully saturated rings. The lowest BCUT2D eigenvalue weighted by atomic mass is 10.00. The SMILES string of the molecule is COc1cccc(N2C(=O)CSC23CCN(C(=O)c2ccc([N+](=O)[O-])cc2)CC3)c1. The number of benzene rings is 2. The molecule has 2 aliphatic heterocycles. The smallest absolute Gasteiger partial charge is 0.269 e. The molecule has 0 atom stereocenters. The highest BCUT2D eigenvalue weighted by molar-refractivity contribution is 8.02. The third-order valence-electron chi connectivity index (χ3n) is 5.59. The Balaban J connectivity index is 1.50. The summed E-state index contributed by atoms with van der Waals surface area (Å²) >= 11 is 1.63. The predicted octanol–water partition coefficient (Wildman–Crippen LogP) is 3.32. The molecule has 0 bridgehead atoms. The monoisotopic (exact) mass is 427 g/mol. The largest absolute Gasteiger partial charge is 0.497 e. The van der Waals surface area contributed by atoms with E-state index in [2.05, 4.69) is 0 Å². The van der Waals surface area contributed by atoms with Gasteiger partial charge < -0.3 is 9.64 Å². The molecule has 2 amide bonds. The summed E-state index contributed by atoms with van der Waals surface area (Å²) in [5.41, 5.74) is 1.19. The summed E-state index contributed by atoms with van der Waals surface area (Å²) in [5, 5.41) is 10.8. The third kappa shape index (κ3) is 3.60. The van der Waals surface area contributed by atoms with Gasteiger partial charge in [0.15, 0.2) is 0 Å². The van der Waals surface area contributed by atoms with E-state index in [0.29, 0.717) is 43.0 Å². The Morgan fingerprint density at radius 2 is 1.87 bits per heavy atom. The van der Waals surface area contributed by atoms with Crippen LogP contribution in [-0.4, -0.2) is 52.5 Å². The summed E-state index contributed by atoms with van der Waals surface area (Å²) < 4.78 is 5.31. The molecule has 4 rings (SSSR count). The first-order chi connectivity index (χ1) is 14.4. The quantitative estimate of drug-likeness (QED) is 0.549. The average Bonchev–Trinajstić information content (AvgIpc) is 3.09. The van der Waals surface area contributed by atoms with Gasteiger partial charge >= 0.3 is 0 Å². The highest BCUT2D eigenvalue weighted by Gasteiger charge is 2.49. The molecule has 2 aromatic carbocycles. The van der Waals surface area contributed by atoms with Gasteiger partial charge in [0.1, 0.15) is 5.75 Å². The normalized spacial score (nSPS) is 18.0. The molecule has 2 saturated heterocycles. The number of hydrogen-bond acceptors (Lipinski definition) is 6. The molecule has 0 aliphatic carbocycles. The fourth-order valence-electron chi connectivity index (χ4n) is 4.02. The number of nitrogens with zero attached hydrogens (tertiary/aromatic N) is 3. The van der Waals surface area contributed by atoms with Crippen molar-refractivity contribution < 1.29 is 19.2 Å². The number of thioether (sulfide) groups is 1. The lowest BCUT2D eigenvalue weighted by molar-refractivity contribution is -0.384. The Bertz CT molecular complexity index is 986. The number of ether oxygens (including phenoxy) is 1. The number of methoxy groups -OCH3 is 1. The number of carbonyl (C=O) groups excluding carboxylic acids is 2. The second-order valence-electron chi connectivity index (χ2n) is 7.26. The van der Waals surface area contributed by atoms with Crippen molar-refractivity contribution in [3.05, 3.63) is 64.2 Å². The van der Waals surface area contributed by atoms with Crippen molar-refractivity contribution >= 4 is 35.0 Å². The van der Waals surface area contributed by atoms with Gasteiger partial charge in [-0.2, -0.15) is 0 Å². The van der Waals surface area contributed by atoms with Crippen LogP contribution >= 0.6 is 11.8 Å². The van der Waals surface area contributed by atoms with Gasteiger partial charge in [0, 0.05) is 42.5 Å². The Hall–Kier alpha value is -3.07. The highest BCUT2D eigenvalue weighted by atomic mass is 32.2. The van der Waals surface area contributed by atoms with E-state index in [1.807, 2.05) is 29.2 Å². The molecule has 2 aliphatic rings. The number of amides is 2. The maximum absolute atomic E-state index is 12.8. The average molecular weight is 427 g/mol. The minimum Gasteiger partial charge on any atom is -0.497 e. The summed E-state index contributed by atoms with van der Waals surface area (Å²) in [7, 11) is 1.59. The molecule has 0 radical (unpaired) electrons. The van der Waals surface area contributed by atoms with Crippen LogP contribution in [0, 0.1) is 10.1 Å². The van der Waals surface area contributed by atoms with Crippen molar-refractivity contribution in [1.82, 2.24) is 4.90 Å². The van der Waals surface area contributed by atoms with E-state index in [1.54, 1.807) is 23.8 Å². The first-order valence-electron chi connectivity index (χ1n) is 9.58.